The third-order valence-electron chi connectivity index (χ3n) is 3.42. The molecular weight excluding hydrogens is 330 g/mol. The lowest BCUT2D eigenvalue weighted by Crippen LogP contribution is -2.13. The van der Waals surface area contributed by atoms with E-state index in [1.54, 1.807) is 38.1 Å². The molecule has 0 aliphatic rings. The number of hydrogen-bond acceptors (Lipinski definition) is 6. The van der Waals surface area contributed by atoms with E-state index in [2.05, 4.69) is 15.5 Å². The van der Waals surface area contributed by atoms with Crippen LogP contribution in [0.2, 0.25) is 0 Å². The third-order valence-corrected chi connectivity index (χ3v) is 5.59. The van der Waals surface area contributed by atoms with Gasteiger partial charge in [-0.25, -0.2) is 8.42 Å². The Labute approximate surface area is 141 Å². The molecule has 1 aromatic carbocycles. The zero-order valence-electron chi connectivity index (χ0n) is 13.9. The molecule has 130 valence electrons. The number of amides is 1. The summed E-state index contributed by atoms with van der Waals surface area (Å²) >= 11 is 0. The van der Waals surface area contributed by atoms with Crippen LogP contribution in [-0.4, -0.2) is 29.8 Å². The summed E-state index contributed by atoms with van der Waals surface area (Å²) in [6.45, 7) is 5.20. The van der Waals surface area contributed by atoms with Gasteiger partial charge in [-0.3, -0.25) is 10.1 Å². The summed E-state index contributed by atoms with van der Waals surface area (Å²) in [5.41, 5.74) is 0.841. The predicted molar refractivity (Wildman–Crippen MR) is 89.4 cm³/mol. The molecule has 0 bridgehead atoms. The minimum atomic E-state index is -3.28. The monoisotopic (exact) mass is 351 g/mol. The second-order valence-electron chi connectivity index (χ2n) is 5.71. The van der Waals surface area contributed by atoms with Crippen molar-refractivity contribution in [2.75, 3.05) is 5.32 Å². The second kappa shape index (κ2) is 7.57. The van der Waals surface area contributed by atoms with Crippen LogP contribution in [0.1, 0.15) is 45.1 Å². The summed E-state index contributed by atoms with van der Waals surface area (Å²) in [4.78, 5) is 11.8. The lowest BCUT2D eigenvalue weighted by atomic mass is 10.1. The standard InChI is InChI=1S/C16H21N3O4S/c1-4-5-14(20)17-16-19-18-15(23-16)10-12-6-8-13(9-7-12)24(21,22)11(2)3/h6-9,11H,4-5,10H2,1-3H3,(H,17,19,20). The molecule has 0 radical (unpaired) electrons. The van der Waals surface area contributed by atoms with Gasteiger partial charge in [0.05, 0.1) is 16.6 Å². The lowest BCUT2D eigenvalue weighted by molar-refractivity contribution is -0.116. The van der Waals surface area contributed by atoms with Crippen LogP contribution in [0.15, 0.2) is 33.6 Å². The van der Waals surface area contributed by atoms with E-state index < -0.39 is 15.1 Å². The van der Waals surface area contributed by atoms with Crippen LogP contribution in [0.4, 0.5) is 6.01 Å². The molecule has 1 aromatic heterocycles. The molecule has 0 spiro atoms. The first-order valence-electron chi connectivity index (χ1n) is 7.78. The summed E-state index contributed by atoms with van der Waals surface area (Å²) in [7, 11) is -3.28. The number of anilines is 1. The van der Waals surface area contributed by atoms with E-state index in [4.69, 9.17) is 4.42 Å². The SMILES string of the molecule is CCCC(=O)Nc1nnc(Cc2ccc(S(=O)(=O)C(C)C)cc2)o1. The fourth-order valence-corrected chi connectivity index (χ4v) is 3.09. The molecule has 7 nitrogen and oxygen atoms in total. The Morgan fingerprint density at radius 2 is 1.88 bits per heavy atom. The Morgan fingerprint density at radius 1 is 1.21 bits per heavy atom. The Hall–Kier alpha value is -2.22. The van der Waals surface area contributed by atoms with Crippen molar-refractivity contribution in [3.05, 3.63) is 35.7 Å². The van der Waals surface area contributed by atoms with Crippen LogP contribution in [0.5, 0.6) is 0 Å². The highest BCUT2D eigenvalue weighted by Gasteiger charge is 2.19. The molecule has 2 rings (SSSR count). The highest BCUT2D eigenvalue weighted by Crippen LogP contribution is 2.18. The van der Waals surface area contributed by atoms with Crippen LogP contribution in [0.3, 0.4) is 0 Å². The molecule has 0 aliphatic heterocycles. The second-order valence-corrected chi connectivity index (χ2v) is 8.22. The molecule has 0 fully saturated rings. The number of benzene rings is 1. The first-order chi connectivity index (χ1) is 11.3. The maximum absolute atomic E-state index is 12.1. The molecule has 2 aromatic rings. The van der Waals surface area contributed by atoms with Crippen LogP contribution in [0.25, 0.3) is 0 Å². The largest absolute Gasteiger partial charge is 0.407 e. The topological polar surface area (TPSA) is 102 Å². The number of aromatic nitrogens is 2. The molecule has 0 aliphatic carbocycles. The van der Waals surface area contributed by atoms with Gasteiger partial charge in [0, 0.05) is 6.42 Å². The van der Waals surface area contributed by atoms with E-state index in [0.717, 1.165) is 12.0 Å². The van der Waals surface area contributed by atoms with Crippen molar-refractivity contribution in [3.8, 4) is 0 Å². The first kappa shape index (κ1) is 18.1. The van der Waals surface area contributed by atoms with Crippen molar-refractivity contribution in [3.63, 3.8) is 0 Å². The van der Waals surface area contributed by atoms with Crippen LogP contribution in [-0.2, 0) is 21.1 Å². The van der Waals surface area contributed by atoms with E-state index in [1.807, 2.05) is 6.92 Å². The molecule has 0 saturated carbocycles. The minimum Gasteiger partial charge on any atom is -0.407 e. The maximum Gasteiger partial charge on any atom is 0.322 e. The molecule has 1 amide bonds. The first-order valence-corrected chi connectivity index (χ1v) is 9.32. The summed E-state index contributed by atoms with van der Waals surface area (Å²) < 4.78 is 29.5. The fraction of sp³-hybridized carbons (Fsp3) is 0.438. The van der Waals surface area contributed by atoms with Crippen LogP contribution >= 0.6 is 0 Å². The van der Waals surface area contributed by atoms with E-state index in [1.165, 1.54) is 0 Å². The van der Waals surface area contributed by atoms with Gasteiger partial charge < -0.3 is 4.42 Å². The average Bonchev–Trinajstić information content (AvgIpc) is 2.94. The predicted octanol–water partition coefficient (Wildman–Crippen LogP) is 2.58. The molecule has 0 saturated heterocycles. The number of carbonyl (C=O) groups excluding carboxylic acids is 1. The third kappa shape index (κ3) is 4.41. The molecular formula is C16H21N3O4S. The van der Waals surface area contributed by atoms with Crippen LogP contribution in [0, 0.1) is 0 Å². The molecule has 8 heteroatoms. The van der Waals surface area contributed by atoms with Gasteiger partial charge in [0.25, 0.3) is 0 Å². The van der Waals surface area contributed by atoms with E-state index in [9.17, 15) is 13.2 Å². The van der Waals surface area contributed by atoms with Gasteiger partial charge in [-0.15, -0.1) is 5.10 Å². The van der Waals surface area contributed by atoms with Gasteiger partial charge in [-0.05, 0) is 38.0 Å². The summed E-state index contributed by atoms with van der Waals surface area (Å²) in [5, 5.41) is 9.71. The smallest absolute Gasteiger partial charge is 0.322 e. The van der Waals surface area contributed by atoms with E-state index in [0.29, 0.717) is 23.6 Å². The molecule has 1 heterocycles. The number of sulfone groups is 1. The normalized spacial score (nSPS) is 11.7. The van der Waals surface area contributed by atoms with Gasteiger partial charge in [-0.2, -0.15) is 0 Å². The van der Waals surface area contributed by atoms with Gasteiger partial charge in [0.15, 0.2) is 9.84 Å². The molecule has 0 atom stereocenters. The van der Waals surface area contributed by atoms with Crippen LogP contribution < -0.4 is 5.32 Å². The number of rotatable bonds is 7. The Balaban J connectivity index is 2.04. The van der Waals surface area contributed by atoms with Gasteiger partial charge in [-0.1, -0.05) is 24.2 Å². The quantitative estimate of drug-likeness (QED) is 0.822. The zero-order valence-corrected chi connectivity index (χ0v) is 14.8. The summed E-state index contributed by atoms with van der Waals surface area (Å²) in [6, 6.07) is 6.65. The number of nitrogens with zero attached hydrogens (tertiary/aromatic N) is 2. The van der Waals surface area contributed by atoms with Gasteiger partial charge in [0.1, 0.15) is 0 Å². The van der Waals surface area contributed by atoms with E-state index >= 15 is 0 Å². The summed E-state index contributed by atoms with van der Waals surface area (Å²) in [6.07, 6.45) is 1.49. The Kier molecular flexibility index (Phi) is 5.71. The maximum atomic E-state index is 12.1. The minimum absolute atomic E-state index is 0.0717. The van der Waals surface area contributed by atoms with E-state index in [-0.39, 0.29) is 11.9 Å². The highest BCUT2D eigenvalue weighted by molar-refractivity contribution is 7.92. The van der Waals surface area contributed by atoms with Crippen molar-refractivity contribution in [1.29, 1.82) is 0 Å². The highest BCUT2D eigenvalue weighted by atomic mass is 32.2. The molecule has 24 heavy (non-hydrogen) atoms. The zero-order chi connectivity index (χ0) is 17.7. The fourth-order valence-electron chi connectivity index (χ4n) is 2.03. The Bertz CT molecular complexity index is 795. The van der Waals surface area contributed by atoms with Gasteiger partial charge in [0.2, 0.25) is 11.8 Å². The number of carbonyl (C=O) groups is 1. The Morgan fingerprint density at radius 3 is 2.46 bits per heavy atom. The summed E-state index contributed by atoms with van der Waals surface area (Å²) in [5.74, 6) is 0.178. The van der Waals surface area contributed by atoms with Crippen molar-refractivity contribution in [1.82, 2.24) is 10.2 Å². The molecule has 0 unspecified atom stereocenters. The van der Waals surface area contributed by atoms with Gasteiger partial charge >= 0.3 is 6.01 Å². The van der Waals surface area contributed by atoms with Crippen molar-refractivity contribution in [2.24, 2.45) is 0 Å². The van der Waals surface area contributed by atoms with Crippen molar-refractivity contribution >= 4 is 21.8 Å². The number of hydrogen-bond donors (Lipinski definition) is 1. The lowest BCUT2D eigenvalue weighted by Gasteiger charge is -2.08. The van der Waals surface area contributed by atoms with Crippen molar-refractivity contribution < 1.29 is 17.6 Å². The number of nitrogens with one attached hydrogen (secondary N) is 1. The van der Waals surface area contributed by atoms with Crippen molar-refractivity contribution in [2.45, 2.75) is 50.2 Å². The average molecular weight is 351 g/mol. The molecule has 1 N–H and O–H groups in total.